The highest BCUT2D eigenvalue weighted by molar-refractivity contribution is 5.63. The smallest absolute Gasteiger partial charge is 0.166 e. The fraction of sp³-hybridized carbons (Fsp3) is 0.619. The van der Waals surface area contributed by atoms with Gasteiger partial charge in [0, 0.05) is 24.2 Å². The quantitative estimate of drug-likeness (QED) is 0.813. The number of aliphatic hydroxyl groups is 1. The fourth-order valence-corrected chi connectivity index (χ4v) is 6.47. The van der Waals surface area contributed by atoms with Crippen LogP contribution in [-0.2, 0) is 11.8 Å². The molecule has 0 aromatic heterocycles. The van der Waals surface area contributed by atoms with Crippen LogP contribution in [0.1, 0.15) is 43.7 Å². The zero-order valence-corrected chi connectivity index (χ0v) is 14.7. The maximum absolute atomic E-state index is 11.9. The number of hydrogen-bond donors (Lipinski definition) is 2. The van der Waals surface area contributed by atoms with Crippen LogP contribution in [0, 0.1) is 5.92 Å². The van der Waals surface area contributed by atoms with Crippen molar-refractivity contribution >= 4 is 0 Å². The Balaban J connectivity index is 1.61. The fourth-order valence-electron chi connectivity index (χ4n) is 6.47. The molecular weight excluding hydrogens is 314 g/mol. The highest BCUT2D eigenvalue weighted by Gasteiger charge is 2.72. The molecule has 0 amide bonds. The molecule has 4 nitrogen and oxygen atoms in total. The van der Waals surface area contributed by atoms with E-state index in [1.54, 1.807) is 6.07 Å². The number of hydrogen-bond acceptors (Lipinski definition) is 4. The maximum Gasteiger partial charge on any atom is 0.166 e. The van der Waals surface area contributed by atoms with Crippen LogP contribution in [0.25, 0.3) is 0 Å². The van der Waals surface area contributed by atoms with Crippen molar-refractivity contribution in [2.75, 3.05) is 6.54 Å². The van der Waals surface area contributed by atoms with Crippen molar-refractivity contribution in [3.8, 4) is 11.5 Å². The van der Waals surface area contributed by atoms with Crippen molar-refractivity contribution in [2.24, 2.45) is 5.92 Å². The number of phenolic OH excluding ortho intramolecular Hbond substituents is 1. The number of ether oxygens (including phenoxy) is 1. The second-order valence-electron chi connectivity index (χ2n) is 9.15. The van der Waals surface area contributed by atoms with Gasteiger partial charge in [-0.3, -0.25) is 4.90 Å². The lowest BCUT2D eigenvalue weighted by atomic mass is 9.49. The Morgan fingerprint density at radius 2 is 2.12 bits per heavy atom. The molecule has 1 aromatic rings. The van der Waals surface area contributed by atoms with Crippen molar-refractivity contribution in [3.05, 3.63) is 35.4 Å². The van der Waals surface area contributed by atoms with Crippen LogP contribution in [-0.4, -0.2) is 45.4 Å². The average molecular weight is 339 g/mol. The van der Waals surface area contributed by atoms with Gasteiger partial charge in [0.05, 0.1) is 11.0 Å². The first-order valence-corrected chi connectivity index (χ1v) is 9.61. The number of likely N-dealkylation sites (tertiary alicyclic amines) is 1. The van der Waals surface area contributed by atoms with E-state index < -0.39 is 11.0 Å². The Hall–Kier alpha value is -1.52. The highest BCUT2D eigenvalue weighted by Crippen LogP contribution is 2.66. The van der Waals surface area contributed by atoms with Crippen LogP contribution in [0.5, 0.6) is 11.5 Å². The summed E-state index contributed by atoms with van der Waals surface area (Å²) in [6.07, 6.45) is 5.11. The SMILES string of the molecule is C=C1CC2C[C@]34c5c(ccc(O)c5O[C@@H]13)C[C@@H](N2CC1CC1)[C@@]4(C)O. The Morgan fingerprint density at radius 3 is 2.88 bits per heavy atom. The van der Waals surface area contributed by atoms with E-state index in [4.69, 9.17) is 4.74 Å². The largest absolute Gasteiger partial charge is 0.504 e. The molecule has 3 fully saturated rings. The Labute approximate surface area is 148 Å². The summed E-state index contributed by atoms with van der Waals surface area (Å²) >= 11 is 0. The van der Waals surface area contributed by atoms with Gasteiger partial charge in [-0.15, -0.1) is 0 Å². The number of phenols is 1. The van der Waals surface area contributed by atoms with Gasteiger partial charge in [-0.25, -0.2) is 0 Å². The lowest BCUT2D eigenvalue weighted by Gasteiger charge is -2.65. The molecule has 5 aliphatic rings. The zero-order valence-electron chi connectivity index (χ0n) is 14.7. The van der Waals surface area contributed by atoms with E-state index in [-0.39, 0.29) is 17.9 Å². The molecule has 5 atom stereocenters. The lowest BCUT2D eigenvalue weighted by molar-refractivity contribution is -0.178. The van der Waals surface area contributed by atoms with E-state index in [1.807, 2.05) is 13.0 Å². The first-order valence-electron chi connectivity index (χ1n) is 9.61. The average Bonchev–Trinajstić information content (AvgIpc) is 3.29. The standard InChI is InChI=1S/C21H25NO3/c1-11-7-14-9-21-17-13(5-6-15(23)18(17)25-19(11)21)8-16(20(21,2)24)22(14)10-12-3-4-12/h5-6,12,14,16,19,23-24H,1,3-4,7-10H2,2H3/t14?,16-,19+,20-,21+/m1/s1. The van der Waals surface area contributed by atoms with Crippen LogP contribution in [0.15, 0.2) is 24.3 Å². The molecule has 0 radical (unpaired) electrons. The summed E-state index contributed by atoms with van der Waals surface area (Å²) in [5.74, 6) is 1.59. The minimum Gasteiger partial charge on any atom is -0.504 e. The summed E-state index contributed by atoms with van der Waals surface area (Å²) in [7, 11) is 0. The van der Waals surface area contributed by atoms with E-state index in [0.717, 1.165) is 42.9 Å². The van der Waals surface area contributed by atoms with Gasteiger partial charge in [-0.2, -0.15) is 0 Å². The summed E-state index contributed by atoms with van der Waals surface area (Å²) in [6, 6.07) is 4.34. The van der Waals surface area contributed by atoms with Crippen LogP contribution < -0.4 is 4.74 Å². The minimum atomic E-state index is -0.877. The molecule has 1 unspecified atom stereocenters. The predicted octanol–water partition coefficient (Wildman–Crippen LogP) is 2.51. The lowest BCUT2D eigenvalue weighted by Crippen LogP contribution is -2.77. The predicted molar refractivity (Wildman–Crippen MR) is 93.9 cm³/mol. The van der Waals surface area contributed by atoms with Gasteiger partial charge < -0.3 is 14.9 Å². The summed E-state index contributed by atoms with van der Waals surface area (Å²) < 4.78 is 6.27. The zero-order chi connectivity index (χ0) is 17.1. The molecule has 2 aliphatic heterocycles. The number of benzene rings is 1. The van der Waals surface area contributed by atoms with E-state index >= 15 is 0 Å². The van der Waals surface area contributed by atoms with Gasteiger partial charge in [0.2, 0.25) is 0 Å². The Morgan fingerprint density at radius 1 is 1.32 bits per heavy atom. The molecule has 2 saturated carbocycles. The number of fused-ring (bicyclic) bond motifs is 2. The van der Waals surface area contributed by atoms with E-state index in [2.05, 4.69) is 11.5 Å². The van der Waals surface area contributed by atoms with Gasteiger partial charge >= 0.3 is 0 Å². The highest BCUT2D eigenvalue weighted by atomic mass is 16.5. The third-order valence-electron chi connectivity index (χ3n) is 7.78. The first-order chi connectivity index (χ1) is 11.9. The Bertz CT molecular complexity index is 812. The number of piperidine rings is 1. The second-order valence-corrected chi connectivity index (χ2v) is 9.15. The molecule has 3 aliphatic carbocycles. The summed E-state index contributed by atoms with van der Waals surface area (Å²) in [5.41, 5.74) is 2.04. The third kappa shape index (κ3) is 1.53. The van der Waals surface area contributed by atoms with Gasteiger partial charge in [0.15, 0.2) is 11.5 Å². The minimum absolute atomic E-state index is 0.119. The molecule has 1 spiro atoms. The van der Waals surface area contributed by atoms with Crippen LogP contribution >= 0.6 is 0 Å². The molecule has 2 N–H and O–H groups in total. The molecular formula is C21H25NO3. The van der Waals surface area contributed by atoms with Crippen molar-refractivity contribution in [3.63, 3.8) is 0 Å². The summed E-state index contributed by atoms with van der Waals surface area (Å²) in [4.78, 5) is 2.60. The van der Waals surface area contributed by atoms with E-state index in [0.29, 0.717) is 11.8 Å². The summed E-state index contributed by atoms with van der Waals surface area (Å²) in [5, 5.41) is 22.3. The van der Waals surface area contributed by atoms with Gasteiger partial charge in [0.1, 0.15) is 6.10 Å². The molecule has 1 saturated heterocycles. The van der Waals surface area contributed by atoms with E-state index in [1.165, 1.54) is 18.4 Å². The maximum atomic E-state index is 11.9. The molecule has 132 valence electrons. The van der Waals surface area contributed by atoms with Crippen molar-refractivity contribution in [2.45, 2.75) is 68.2 Å². The molecule has 1 aromatic carbocycles. The van der Waals surface area contributed by atoms with E-state index in [9.17, 15) is 10.2 Å². The summed E-state index contributed by atoms with van der Waals surface area (Å²) in [6.45, 7) is 7.44. The molecule has 2 heterocycles. The van der Waals surface area contributed by atoms with Crippen molar-refractivity contribution in [1.29, 1.82) is 0 Å². The monoisotopic (exact) mass is 339 g/mol. The molecule has 25 heavy (non-hydrogen) atoms. The second kappa shape index (κ2) is 4.24. The first kappa shape index (κ1) is 14.6. The normalized spacial score (nSPS) is 43.9. The van der Waals surface area contributed by atoms with Crippen LogP contribution in [0.4, 0.5) is 0 Å². The van der Waals surface area contributed by atoms with Crippen molar-refractivity contribution in [1.82, 2.24) is 4.90 Å². The number of nitrogens with zero attached hydrogens (tertiary/aromatic N) is 1. The van der Waals surface area contributed by atoms with Gasteiger partial charge in [-0.05, 0) is 62.1 Å². The van der Waals surface area contributed by atoms with Gasteiger partial charge in [0.25, 0.3) is 0 Å². The molecule has 6 rings (SSSR count). The number of aromatic hydroxyl groups is 1. The van der Waals surface area contributed by atoms with Crippen molar-refractivity contribution < 1.29 is 14.9 Å². The Kier molecular flexibility index (Phi) is 2.48. The molecule has 3 bridgehead atoms. The third-order valence-corrected chi connectivity index (χ3v) is 7.78. The number of rotatable bonds is 2. The van der Waals surface area contributed by atoms with Crippen LogP contribution in [0.2, 0.25) is 0 Å². The topological polar surface area (TPSA) is 52.9 Å². The molecule has 4 heteroatoms. The van der Waals surface area contributed by atoms with Gasteiger partial charge in [-0.1, -0.05) is 12.6 Å². The van der Waals surface area contributed by atoms with Crippen LogP contribution in [0.3, 0.4) is 0 Å².